The minimum atomic E-state index is -0.285. The number of carbonyl (C=O) groups is 2. The zero-order chi connectivity index (χ0) is 16.8. The molecule has 0 atom stereocenters. The lowest BCUT2D eigenvalue weighted by molar-refractivity contribution is -0.130. The van der Waals surface area contributed by atoms with Gasteiger partial charge in [-0.2, -0.15) is 0 Å². The number of nitrogens with one attached hydrogen (secondary N) is 1. The summed E-state index contributed by atoms with van der Waals surface area (Å²) in [7, 11) is 3.25. The molecular formula is C14H15ClN4O3S. The number of halogens is 1. The van der Waals surface area contributed by atoms with Gasteiger partial charge < -0.3 is 14.6 Å². The van der Waals surface area contributed by atoms with Gasteiger partial charge >= 0.3 is 0 Å². The second-order valence-electron chi connectivity index (χ2n) is 4.74. The molecule has 1 aromatic heterocycles. The van der Waals surface area contributed by atoms with Crippen molar-refractivity contribution in [1.29, 1.82) is 0 Å². The molecule has 0 spiro atoms. The molecule has 0 aliphatic rings. The number of hydrogen-bond acceptors (Lipinski definition) is 6. The van der Waals surface area contributed by atoms with Gasteiger partial charge in [-0.15, -0.1) is 10.2 Å². The smallest absolute Gasteiger partial charge is 0.277 e. The van der Waals surface area contributed by atoms with E-state index in [2.05, 4.69) is 15.5 Å². The Morgan fingerprint density at radius 3 is 2.83 bits per heavy atom. The van der Waals surface area contributed by atoms with Crippen molar-refractivity contribution in [2.24, 2.45) is 0 Å². The number of nitrogens with zero attached hydrogens (tertiary/aromatic N) is 3. The van der Waals surface area contributed by atoms with Crippen molar-refractivity contribution in [3.05, 3.63) is 29.3 Å². The highest BCUT2D eigenvalue weighted by Crippen LogP contribution is 2.24. The normalized spacial score (nSPS) is 10.4. The van der Waals surface area contributed by atoms with Crippen LogP contribution in [0.3, 0.4) is 0 Å². The van der Waals surface area contributed by atoms with Crippen molar-refractivity contribution < 1.29 is 14.0 Å². The van der Waals surface area contributed by atoms with E-state index < -0.39 is 0 Å². The van der Waals surface area contributed by atoms with Crippen LogP contribution in [0.1, 0.15) is 0 Å². The summed E-state index contributed by atoms with van der Waals surface area (Å²) in [4.78, 5) is 24.4. The Morgan fingerprint density at radius 1 is 1.35 bits per heavy atom. The highest BCUT2D eigenvalue weighted by atomic mass is 35.5. The second kappa shape index (κ2) is 7.98. The van der Waals surface area contributed by atoms with Crippen LogP contribution in [0.4, 0.5) is 0 Å². The maximum absolute atomic E-state index is 11.7. The van der Waals surface area contributed by atoms with Gasteiger partial charge in [0.05, 0.1) is 12.3 Å². The molecule has 0 saturated carbocycles. The van der Waals surface area contributed by atoms with Crippen LogP contribution in [0.5, 0.6) is 0 Å². The van der Waals surface area contributed by atoms with E-state index in [9.17, 15) is 9.59 Å². The summed E-state index contributed by atoms with van der Waals surface area (Å²) in [6, 6.07) is 7.04. The molecule has 122 valence electrons. The van der Waals surface area contributed by atoms with Gasteiger partial charge in [-0.25, -0.2) is 0 Å². The van der Waals surface area contributed by atoms with E-state index in [4.69, 9.17) is 16.0 Å². The minimum Gasteiger partial charge on any atom is -0.411 e. The van der Waals surface area contributed by atoms with Crippen LogP contribution >= 0.6 is 23.4 Å². The SMILES string of the molecule is CN(C)C(=O)CNC(=O)CSc1nnc(-c2cccc(Cl)c2)o1. The standard InChI is InChI=1S/C14H15ClN4O3S/c1-19(2)12(21)7-16-11(20)8-23-14-18-17-13(22-14)9-4-3-5-10(15)6-9/h3-6H,7-8H2,1-2H3,(H,16,20). The Bertz CT molecular complexity index is 705. The van der Waals surface area contributed by atoms with Crippen molar-refractivity contribution in [1.82, 2.24) is 20.4 Å². The molecule has 2 aromatic rings. The van der Waals surface area contributed by atoms with Crippen molar-refractivity contribution in [3.63, 3.8) is 0 Å². The average Bonchev–Trinajstić information content (AvgIpc) is 2.99. The Labute approximate surface area is 142 Å². The van der Waals surface area contributed by atoms with Crippen LogP contribution in [0.25, 0.3) is 11.5 Å². The number of amides is 2. The average molecular weight is 355 g/mol. The molecule has 1 heterocycles. The number of rotatable bonds is 6. The molecule has 2 rings (SSSR count). The molecule has 1 N–H and O–H groups in total. The van der Waals surface area contributed by atoms with E-state index in [1.54, 1.807) is 38.4 Å². The minimum absolute atomic E-state index is 0.0377. The summed E-state index contributed by atoms with van der Waals surface area (Å²) in [5.74, 6) is -0.0481. The quantitative estimate of drug-likeness (QED) is 0.794. The van der Waals surface area contributed by atoms with Gasteiger partial charge in [-0.05, 0) is 18.2 Å². The fourth-order valence-electron chi connectivity index (χ4n) is 1.52. The lowest BCUT2D eigenvalue weighted by Gasteiger charge is -2.10. The number of benzene rings is 1. The number of aromatic nitrogens is 2. The lowest BCUT2D eigenvalue weighted by atomic mass is 10.2. The molecule has 0 bridgehead atoms. The molecule has 0 aliphatic carbocycles. The van der Waals surface area contributed by atoms with Crippen LogP contribution < -0.4 is 5.32 Å². The summed E-state index contributed by atoms with van der Waals surface area (Å²) in [5, 5.41) is 11.1. The van der Waals surface area contributed by atoms with Gasteiger partial charge in [0.2, 0.25) is 17.7 Å². The maximum Gasteiger partial charge on any atom is 0.277 e. The topological polar surface area (TPSA) is 88.3 Å². The van der Waals surface area contributed by atoms with Crippen LogP contribution in [0.15, 0.2) is 33.9 Å². The summed E-state index contributed by atoms with van der Waals surface area (Å²) in [6.45, 7) is -0.0377. The van der Waals surface area contributed by atoms with E-state index in [-0.39, 0.29) is 29.3 Å². The molecule has 1 aromatic carbocycles. The molecule has 0 fully saturated rings. The van der Waals surface area contributed by atoms with Gasteiger partial charge in [-0.1, -0.05) is 29.4 Å². The molecule has 7 nitrogen and oxygen atoms in total. The third-order valence-electron chi connectivity index (χ3n) is 2.74. The predicted octanol–water partition coefficient (Wildman–Crippen LogP) is 1.69. The first-order chi connectivity index (χ1) is 11.0. The van der Waals surface area contributed by atoms with E-state index >= 15 is 0 Å². The number of likely N-dealkylation sites (N-methyl/N-ethyl adjacent to an activating group) is 1. The Balaban J connectivity index is 1.85. The molecule has 0 saturated heterocycles. The fraction of sp³-hybridized carbons (Fsp3) is 0.286. The third-order valence-corrected chi connectivity index (χ3v) is 3.79. The van der Waals surface area contributed by atoms with Gasteiger partial charge in [0, 0.05) is 24.7 Å². The van der Waals surface area contributed by atoms with Crippen LogP contribution in [-0.4, -0.2) is 53.3 Å². The van der Waals surface area contributed by atoms with Crippen molar-refractivity contribution in [3.8, 4) is 11.5 Å². The molecule has 0 aliphatic heterocycles. The molecule has 9 heteroatoms. The zero-order valence-corrected chi connectivity index (χ0v) is 14.1. The van der Waals surface area contributed by atoms with Gasteiger partial charge in [-0.3, -0.25) is 9.59 Å². The first-order valence-corrected chi connectivity index (χ1v) is 8.01. The van der Waals surface area contributed by atoms with Gasteiger partial charge in [0.15, 0.2) is 0 Å². The monoisotopic (exact) mass is 354 g/mol. The fourth-order valence-corrected chi connectivity index (χ4v) is 2.30. The summed E-state index contributed by atoms with van der Waals surface area (Å²) >= 11 is 7.01. The van der Waals surface area contributed by atoms with E-state index in [0.29, 0.717) is 16.5 Å². The largest absolute Gasteiger partial charge is 0.411 e. The van der Waals surface area contributed by atoms with Gasteiger partial charge in [0.1, 0.15) is 0 Å². The van der Waals surface area contributed by atoms with Crippen molar-refractivity contribution in [2.45, 2.75) is 5.22 Å². The van der Waals surface area contributed by atoms with E-state index in [1.807, 2.05) is 0 Å². The maximum atomic E-state index is 11.7. The van der Waals surface area contributed by atoms with E-state index in [0.717, 1.165) is 11.8 Å². The summed E-state index contributed by atoms with van der Waals surface area (Å²) in [6.07, 6.45) is 0. The molecule has 2 amide bonds. The van der Waals surface area contributed by atoms with Crippen LogP contribution in [-0.2, 0) is 9.59 Å². The van der Waals surface area contributed by atoms with Crippen LogP contribution in [0, 0.1) is 0 Å². The lowest BCUT2D eigenvalue weighted by Crippen LogP contribution is -2.36. The van der Waals surface area contributed by atoms with Crippen LogP contribution in [0.2, 0.25) is 5.02 Å². The highest BCUT2D eigenvalue weighted by Gasteiger charge is 2.12. The van der Waals surface area contributed by atoms with Crippen molar-refractivity contribution >= 4 is 35.2 Å². The Morgan fingerprint density at radius 2 is 2.13 bits per heavy atom. The van der Waals surface area contributed by atoms with Crippen molar-refractivity contribution in [2.75, 3.05) is 26.4 Å². The summed E-state index contributed by atoms with van der Waals surface area (Å²) in [5.41, 5.74) is 0.706. The summed E-state index contributed by atoms with van der Waals surface area (Å²) < 4.78 is 5.47. The second-order valence-corrected chi connectivity index (χ2v) is 6.10. The Hall–Kier alpha value is -2.06. The number of carbonyl (C=O) groups excluding carboxylic acids is 2. The molecule has 0 radical (unpaired) electrons. The van der Waals surface area contributed by atoms with Gasteiger partial charge in [0.25, 0.3) is 5.22 Å². The molecule has 23 heavy (non-hydrogen) atoms. The Kier molecular flexibility index (Phi) is 6.00. The predicted molar refractivity (Wildman–Crippen MR) is 87.2 cm³/mol. The number of hydrogen-bond donors (Lipinski definition) is 1. The zero-order valence-electron chi connectivity index (χ0n) is 12.6. The highest BCUT2D eigenvalue weighted by molar-refractivity contribution is 7.99. The molecule has 0 unspecified atom stereocenters. The first kappa shape index (κ1) is 17.3. The first-order valence-electron chi connectivity index (χ1n) is 6.65. The third kappa shape index (κ3) is 5.26. The number of thioether (sulfide) groups is 1. The van der Waals surface area contributed by atoms with E-state index in [1.165, 1.54) is 4.90 Å². The molecular weight excluding hydrogens is 340 g/mol.